The van der Waals surface area contributed by atoms with Crippen molar-refractivity contribution in [3.05, 3.63) is 98.2 Å². The van der Waals surface area contributed by atoms with Gasteiger partial charge in [-0.15, -0.1) is 0 Å². The predicted molar refractivity (Wildman–Crippen MR) is 115 cm³/mol. The summed E-state index contributed by atoms with van der Waals surface area (Å²) in [5.41, 5.74) is 0.837. The fraction of sp³-hybridized carbons (Fsp3) is 0.0870. The number of halogens is 2. The summed E-state index contributed by atoms with van der Waals surface area (Å²) in [4.78, 5) is 38.0. The van der Waals surface area contributed by atoms with Crippen molar-refractivity contribution in [3.63, 3.8) is 0 Å². The number of hydrogen-bond donors (Lipinski definition) is 1. The molecule has 4 aromatic rings. The van der Waals surface area contributed by atoms with Gasteiger partial charge in [-0.3, -0.25) is 9.36 Å². The highest BCUT2D eigenvalue weighted by Crippen LogP contribution is 2.26. The van der Waals surface area contributed by atoms with E-state index in [2.05, 4.69) is 0 Å². The molecule has 0 fully saturated rings. The first-order valence-corrected chi connectivity index (χ1v) is 9.66. The zero-order valence-electron chi connectivity index (χ0n) is 16.5. The largest absolute Gasteiger partial charge is 0.478 e. The summed E-state index contributed by atoms with van der Waals surface area (Å²) >= 11 is 6.26. The number of carboxylic acid groups (broad SMARTS) is 1. The molecule has 0 radical (unpaired) electrons. The monoisotopic (exact) mass is 438 g/mol. The van der Waals surface area contributed by atoms with Crippen LogP contribution in [0.3, 0.4) is 0 Å². The first-order valence-electron chi connectivity index (χ1n) is 9.28. The smallest absolute Gasteiger partial charge is 0.340 e. The molecule has 0 aliphatic rings. The summed E-state index contributed by atoms with van der Waals surface area (Å²) in [5.74, 6) is -2.82. The van der Waals surface area contributed by atoms with Crippen LogP contribution in [-0.4, -0.2) is 26.1 Å². The molecule has 0 unspecified atom stereocenters. The van der Waals surface area contributed by atoms with Gasteiger partial charge in [-0.25, -0.2) is 18.5 Å². The SMILES string of the molecule is Cc1cccc(Cl)c1C(=O)n1c(=O)n(-c2ccc(C(=O)O)cc2F)c2cccc(C)c21. The second-order valence-corrected chi connectivity index (χ2v) is 7.51. The maximum atomic E-state index is 14.8. The van der Waals surface area contributed by atoms with E-state index in [1.165, 1.54) is 12.1 Å². The maximum Gasteiger partial charge on any atom is 0.340 e. The number of nitrogens with zero attached hydrogens (tertiary/aromatic N) is 2. The van der Waals surface area contributed by atoms with Gasteiger partial charge in [0.15, 0.2) is 0 Å². The average molecular weight is 439 g/mol. The third-order valence-corrected chi connectivity index (χ3v) is 5.45. The van der Waals surface area contributed by atoms with Crippen LogP contribution in [0, 0.1) is 19.7 Å². The zero-order chi connectivity index (χ0) is 22.4. The predicted octanol–water partition coefficient (Wildman–Crippen LogP) is 4.59. The topological polar surface area (TPSA) is 81.3 Å². The number of imidazole rings is 1. The van der Waals surface area contributed by atoms with Crippen molar-refractivity contribution in [2.45, 2.75) is 13.8 Å². The number of carboxylic acids is 1. The van der Waals surface area contributed by atoms with E-state index < -0.39 is 23.4 Å². The Balaban J connectivity index is 2.07. The summed E-state index contributed by atoms with van der Waals surface area (Å²) < 4.78 is 16.9. The molecule has 1 heterocycles. The zero-order valence-corrected chi connectivity index (χ0v) is 17.3. The van der Waals surface area contributed by atoms with Gasteiger partial charge in [-0.2, -0.15) is 0 Å². The van der Waals surface area contributed by atoms with E-state index >= 15 is 0 Å². The average Bonchev–Trinajstić information content (AvgIpc) is 3.01. The number of rotatable bonds is 3. The molecule has 0 amide bonds. The van der Waals surface area contributed by atoms with Crippen LogP contribution in [0.5, 0.6) is 0 Å². The number of aryl methyl sites for hydroxylation is 2. The fourth-order valence-corrected chi connectivity index (χ4v) is 3.97. The van der Waals surface area contributed by atoms with Gasteiger partial charge in [0.2, 0.25) is 0 Å². The summed E-state index contributed by atoms with van der Waals surface area (Å²) in [6.07, 6.45) is 0. The van der Waals surface area contributed by atoms with Crippen LogP contribution in [0.15, 0.2) is 59.4 Å². The van der Waals surface area contributed by atoms with E-state index in [4.69, 9.17) is 16.7 Å². The van der Waals surface area contributed by atoms with Gasteiger partial charge >= 0.3 is 11.7 Å². The Labute approximate surface area is 180 Å². The molecule has 0 atom stereocenters. The van der Waals surface area contributed by atoms with Gasteiger partial charge in [0, 0.05) is 0 Å². The highest BCUT2D eigenvalue weighted by Gasteiger charge is 2.25. The van der Waals surface area contributed by atoms with Crippen molar-refractivity contribution >= 4 is 34.5 Å². The molecular formula is C23H16ClFN2O4. The van der Waals surface area contributed by atoms with E-state index in [1.807, 2.05) is 0 Å². The number of para-hydroxylation sites is 1. The lowest BCUT2D eigenvalue weighted by molar-refractivity contribution is 0.0696. The second-order valence-electron chi connectivity index (χ2n) is 7.10. The molecule has 1 N–H and O–H groups in total. The van der Waals surface area contributed by atoms with Gasteiger partial charge in [0.25, 0.3) is 5.91 Å². The Morgan fingerprint density at radius 1 is 1.00 bits per heavy atom. The third kappa shape index (κ3) is 3.23. The lowest BCUT2D eigenvalue weighted by Crippen LogP contribution is -2.30. The van der Waals surface area contributed by atoms with Gasteiger partial charge in [0.1, 0.15) is 5.82 Å². The molecule has 0 bridgehead atoms. The second kappa shape index (κ2) is 7.52. The summed E-state index contributed by atoms with van der Waals surface area (Å²) in [7, 11) is 0. The Bertz CT molecular complexity index is 1430. The number of carbonyl (C=O) groups is 2. The van der Waals surface area contributed by atoms with Gasteiger partial charge < -0.3 is 5.11 Å². The normalized spacial score (nSPS) is 11.1. The van der Waals surface area contributed by atoms with E-state index in [-0.39, 0.29) is 21.8 Å². The molecule has 0 saturated heterocycles. The lowest BCUT2D eigenvalue weighted by atomic mass is 10.1. The minimum absolute atomic E-state index is 0.159. The van der Waals surface area contributed by atoms with E-state index in [1.54, 1.807) is 50.2 Å². The highest BCUT2D eigenvalue weighted by atomic mass is 35.5. The van der Waals surface area contributed by atoms with Crippen LogP contribution >= 0.6 is 11.6 Å². The number of benzene rings is 3. The number of aromatic nitrogens is 2. The quantitative estimate of drug-likeness (QED) is 0.507. The number of hydrogen-bond acceptors (Lipinski definition) is 3. The first-order chi connectivity index (χ1) is 14.7. The van der Waals surface area contributed by atoms with Crippen LogP contribution < -0.4 is 5.69 Å². The number of fused-ring (bicyclic) bond motifs is 1. The van der Waals surface area contributed by atoms with Gasteiger partial charge in [-0.1, -0.05) is 35.9 Å². The van der Waals surface area contributed by atoms with Crippen molar-refractivity contribution in [2.24, 2.45) is 0 Å². The molecule has 3 aromatic carbocycles. The minimum Gasteiger partial charge on any atom is -0.478 e. The van der Waals surface area contributed by atoms with E-state index in [0.29, 0.717) is 22.2 Å². The van der Waals surface area contributed by atoms with Crippen molar-refractivity contribution in [3.8, 4) is 5.69 Å². The minimum atomic E-state index is -1.29. The first kappa shape index (κ1) is 20.6. The molecular weight excluding hydrogens is 423 g/mol. The molecule has 1 aromatic heterocycles. The van der Waals surface area contributed by atoms with Gasteiger partial charge in [0.05, 0.1) is 32.9 Å². The standard InChI is InChI=1S/C23H16ClFN2O4/c1-12-5-3-7-15(24)19(12)21(28)27-20-13(2)6-4-8-18(20)26(23(27)31)17-10-9-14(22(29)30)11-16(17)25/h3-11H,1-2H3,(H,29,30). The molecule has 156 valence electrons. The number of carbonyl (C=O) groups excluding carboxylic acids is 1. The Morgan fingerprint density at radius 3 is 2.32 bits per heavy atom. The van der Waals surface area contributed by atoms with E-state index in [0.717, 1.165) is 15.2 Å². The van der Waals surface area contributed by atoms with Crippen molar-refractivity contribution in [1.82, 2.24) is 9.13 Å². The van der Waals surface area contributed by atoms with E-state index in [9.17, 15) is 18.8 Å². The molecule has 0 spiro atoms. The Hall–Kier alpha value is -3.71. The van der Waals surface area contributed by atoms with Crippen LogP contribution in [0.1, 0.15) is 31.8 Å². The molecule has 31 heavy (non-hydrogen) atoms. The lowest BCUT2D eigenvalue weighted by Gasteiger charge is -2.08. The third-order valence-electron chi connectivity index (χ3n) is 5.14. The highest BCUT2D eigenvalue weighted by molar-refractivity contribution is 6.34. The van der Waals surface area contributed by atoms with Crippen LogP contribution in [0.2, 0.25) is 5.02 Å². The molecule has 0 saturated carbocycles. The molecule has 8 heteroatoms. The Kier molecular flexibility index (Phi) is 4.99. The number of aromatic carboxylic acids is 1. The van der Waals surface area contributed by atoms with Crippen LogP contribution in [0.25, 0.3) is 16.7 Å². The fourth-order valence-electron chi connectivity index (χ4n) is 3.67. The summed E-state index contributed by atoms with van der Waals surface area (Å²) in [5, 5.41) is 9.29. The molecule has 4 rings (SSSR count). The molecule has 0 aliphatic heterocycles. The summed E-state index contributed by atoms with van der Waals surface area (Å²) in [6, 6.07) is 13.2. The van der Waals surface area contributed by atoms with Crippen LogP contribution in [-0.2, 0) is 0 Å². The van der Waals surface area contributed by atoms with Crippen LogP contribution in [0.4, 0.5) is 4.39 Å². The summed E-state index contributed by atoms with van der Waals surface area (Å²) in [6.45, 7) is 3.44. The Morgan fingerprint density at radius 2 is 1.68 bits per heavy atom. The molecule has 6 nitrogen and oxygen atoms in total. The van der Waals surface area contributed by atoms with Crippen molar-refractivity contribution < 1.29 is 19.1 Å². The molecule has 0 aliphatic carbocycles. The van der Waals surface area contributed by atoms with Gasteiger partial charge in [-0.05, 0) is 55.3 Å². The maximum absolute atomic E-state index is 14.8. The van der Waals surface area contributed by atoms with Crippen molar-refractivity contribution in [1.29, 1.82) is 0 Å². The van der Waals surface area contributed by atoms with Crippen molar-refractivity contribution in [2.75, 3.05) is 0 Å².